The van der Waals surface area contributed by atoms with Crippen molar-refractivity contribution in [2.24, 2.45) is 11.1 Å². The van der Waals surface area contributed by atoms with Crippen molar-refractivity contribution in [2.45, 2.75) is 38.1 Å². The standard InChI is InChI=1S/C16H23ClN4O2/c17-14-13(19-5-6-20-14)11-16(15(18)22)3-1-12(2-4-16)21-7-9-23-10-8-21/h5-6,12H,1-4,7-11H2,(H2,18,22). The first-order valence-electron chi connectivity index (χ1n) is 8.18. The van der Waals surface area contributed by atoms with Gasteiger partial charge in [0.05, 0.1) is 24.3 Å². The van der Waals surface area contributed by atoms with Gasteiger partial charge in [-0.1, -0.05) is 11.6 Å². The highest BCUT2D eigenvalue weighted by molar-refractivity contribution is 6.30. The van der Waals surface area contributed by atoms with Gasteiger partial charge < -0.3 is 10.5 Å². The fourth-order valence-electron chi connectivity index (χ4n) is 3.76. The number of hydrogen-bond acceptors (Lipinski definition) is 5. The predicted octanol–water partition coefficient (Wildman–Crippen LogP) is 1.42. The third-order valence-electron chi connectivity index (χ3n) is 5.23. The second kappa shape index (κ2) is 7.11. The topological polar surface area (TPSA) is 81.3 Å². The number of ether oxygens (including phenoxy) is 1. The Kier molecular flexibility index (Phi) is 5.14. The summed E-state index contributed by atoms with van der Waals surface area (Å²) in [5, 5.41) is 0.364. The lowest BCUT2D eigenvalue weighted by Crippen LogP contribution is -2.49. The van der Waals surface area contributed by atoms with Gasteiger partial charge in [-0.15, -0.1) is 0 Å². The lowest BCUT2D eigenvalue weighted by molar-refractivity contribution is -0.130. The van der Waals surface area contributed by atoms with E-state index in [4.69, 9.17) is 22.1 Å². The average molecular weight is 339 g/mol. The number of aromatic nitrogens is 2. The Morgan fingerprint density at radius 2 is 1.96 bits per heavy atom. The third-order valence-corrected chi connectivity index (χ3v) is 5.54. The Labute approximate surface area is 141 Å². The van der Waals surface area contributed by atoms with Crippen LogP contribution in [-0.4, -0.2) is 53.1 Å². The van der Waals surface area contributed by atoms with E-state index >= 15 is 0 Å². The highest BCUT2D eigenvalue weighted by Gasteiger charge is 2.42. The fraction of sp³-hybridized carbons (Fsp3) is 0.688. The first kappa shape index (κ1) is 16.6. The largest absolute Gasteiger partial charge is 0.379 e. The molecule has 2 aliphatic rings. The van der Waals surface area contributed by atoms with E-state index in [-0.39, 0.29) is 5.91 Å². The zero-order chi connectivity index (χ0) is 16.3. The molecule has 23 heavy (non-hydrogen) atoms. The van der Waals surface area contributed by atoms with Crippen LogP contribution in [0.2, 0.25) is 5.15 Å². The molecule has 0 bridgehead atoms. The summed E-state index contributed by atoms with van der Waals surface area (Å²) in [5.74, 6) is -0.250. The number of halogens is 1. The summed E-state index contributed by atoms with van der Waals surface area (Å²) >= 11 is 6.11. The van der Waals surface area contributed by atoms with E-state index in [9.17, 15) is 4.79 Å². The summed E-state index contributed by atoms with van der Waals surface area (Å²) in [4.78, 5) is 23.0. The maximum atomic E-state index is 12.2. The molecule has 7 heteroatoms. The molecule has 2 heterocycles. The van der Waals surface area contributed by atoms with Crippen molar-refractivity contribution < 1.29 is 9.53 Å². The average Bonchev–Trinajstić information content (AvgIpc) is 2.58. The van der Waals surface area contributed by atoms with Gasteiger partial charge in [0.15, 0.2) is 5.15 Å². The van der Waals surface area contributed by atoms with Crippen LogP contribution in [0.15, 0.2) is 12.4 Å². The highest BCUT2D eigenvalue weighted by atomic mass is 35.5. The third kappa shape index (κ3) is 3.65. The van der Waals surface area contributed by atoms with Crippen LogP contribution < -0.4 is 5.73 Å². The Morgan fingerprint density at radius 3 is 2.57 bits per heavy atom. The number of carbonyl (C=O) groups is 1. The number of nitrogens with two attached hydrogens (primary N) is 1. The number of nitrogens with zero attached hydrogens (tertiary/aromatic N) is 3. The molecule has 0 spiro atoms. The van der Waals surface area contributed by atoms with E-state index in [0.29, 0.717) is 23.3 Å². The van der Waals surface area contributed by atoms with Gasteiger partial charge in [-0.2, -0.15) is 0 Å². The van der Waals surface area contributed by atoms with E-state index in [1.165, 1.54) is 0 Å². The van der Waals surface area contributed by atoms with Crippen LogP contribution >= 0.6 is 11.6 Å². The number of hydrogen-bond donors (Lipinski definition) is 1. The normalized spacial score (nSPS) is 29.3. The first-order valence-corrected chi connectivity index (χ1v) is 8.56. The van der Waals surface area contributed by atoms with Crippen molar-refractivity contribution in [2.75, 3.05) is 26.3 Å². The molecule has 3 rings (SSSR count). The first-order chi connectivity index (χ1) is 11.1. The van der Waals surface area contributed by atoms with Crippen LogP contribution in [0.1, 0.15) is 31.4 Å². The molecule has 2 fully saturated rings. The highest BCUT2D eigenvalue weighted by Crippen LogP contribution is 2.41. The van der Waals surface area contributed by atoms with Crippen molar-refractivity contribution in [3.8, 4) is 0 Å². The molecule has 6 nitrogen and oxygen atoms in total. The quantitative estimate of drug-likeness (QED) is 0.898. The van der Waals surface area contributed by atoms with Gasteiger partial charge in [-0.05, 0) is 25.7 Å². The van der Waals surface area contributed by atoms with Gasteiger partial charge in [-0.25, -0.2) is 4.98 Å². The second-order valence-corrected chi connectivity index (χ2v) is 6.85. The van der Waals surface area contributed by atoms with Crippen molar-refractivity contribution in [3.63, 3.8) is 0 Å². The molecule has 0 radical (unpaired) electrons. The zero-order valence-corrected chi connectivity index (χ0v) is 14.0. The van der Waals surface area contributed by atoms with Crippen LogP contribution in [0.4, 0.5) is 0 Å². The van der Waals surface area contributed by atoms with Gasteiger partial charge in [0.1, 0.15) is 0 Å². The maximum absolute atomic E-state index is 12.2. The van der Waals surface area contributed by atoms with Crippen molar-refractivity contribution >= 4 is 17.5 Å². The van der Waals surface area contributed by atoms with E-state index in [1.807, 2.05) is 0 Å². The summed E-state index contributed by atoms with van der Waals surface area (Å²) in [6, 6.07) is 0.517. The minimum atomic E-state index is -0.553. The molecule has 126 valence electrons. The van der Waals surface area contributed by atoms with Crippen LogP contribution in [0, 0.1) is 5.41 Å². The number of primary amides is 1. The molecular formula is C16H23ClN4O2. The second-order valence-electron chi connectivity index (χ2n) is 6.49. The Bertz CT molecular complexity index is 555. The summed E-state index contributed by atoms with van der Waals surface area (Å²) in [5.41, 5.74) is 5.87. The molecular weight excluding hydrogens is 316 g/mol. The molecule has 0 aromatic carbocycles. The maximum Gasteiger partial charge on any atom is 0.224 e. The van der Waals surface area contributed by atoms with Crippen LogP contribution in [0.3, 0.4) is 0 Å². The summed E-state index contributed by atoms with van der Waals surface area (Å²) in [6.07, 6.45) is 7.13. The molecule has 1 aromatic heterocycles. The number of amides is 1. The Hall–Kier alpha value is -1.24. The van der Waals surface area contributed by atoms with Gasteiger partial charge in [0.25, 0.3) is 0 Å². The van der Waals surface area contributed by atoms with Gasteiger partial charge in [-0.3, -0.25) is 14.7 Å². The van der Waals surface area contributed by atoms with E-state index in [2.05, 4.69) is 14.9 Å². The lowest BCUT2D eigenvalue weighted by Gasteiger charge is -2.43. The Balaban J connectivity index is 1.69. The van der Waals surface area contributed by atoms with Gasteiger partial charge in [0, 0.05) is 37.9 Å². The van der Waals surface area contributed by atoms with E-state index in [0.717, 1.165) is 52.0 Å². The molecule has 0 unspecified atom stereocenters. The van der Waals surface area contributed by atoms with Crippen LogP contribution in [0.25, 0.3) is 0 Å². The van der Waals surface area contributed by atoms with Crippen LogP contribution in [0.5, 0.6) is 0 Å². The number of carbonyl (C=O) groups excluding carboxylic acids is 1. The van der Waals surface area contributed by atoms with Crippen molar-refractivity contribution in [3.05, 3.63) is 23.2 Å². The smallest absolute Gasteiger partial charge is 0.224 e. The molecule has 2 N–H and O–H groups in total. The molecule has 1 saturated carbocycles. The molecule has 1 aliphatic carbocycles. The zero-order valence-electron chi connectivity index (χ0n) is 13.2. The minimum Gasteiger partial charge on any atom is -0.379 e. The predicted molar refractivity (Wildman–Crippen MR) is 87.0 cm³/mol. The van der Waals surface area contributed by atoms with Crippen LogP contribution in [-0.2, 0) is 16.0 Å². The van der Waals surface area contributed by atoms with Crippen molar-refractivity contribution in [1.82, 2.24) is 14.9 Å². The summed E-state index contributed by atoms with van der Waals surface area (Å²) in [6.45, 7) is 3.55. The fourth-order valence-corrected chi connectivity index (χ4v) is 3.93. The lowest BCUT2D eigenvalue weighted by atomic mass is 9.69. The summed E-state index contributed by atoms with van der Waals surface area (Å²) in [7, 11) is 0. The molecule has 1 amide bonds. The number of rotatable bonds is 4. The molecule has 1 aliphatic heterocycles. The number of morpholine rings is 1. The van der Waals surface area contributed by atoms with Crippen molar-refractivity contribution in [1.29, 1.82) is 0 Å². The molecule has 1 aromatic rings. The minimum absolute atomic E-state index is 0.250. The Morgan fingerprint density at radius 1 is 1.30 bits per heavy atom. The molecule has 0 atom stereocenters. The SMILES string of the molecule is NC(=O)C1(Cc2nccnc2Cl)CCC(N2CCOCC2)CC1. The summed E-state index contributed by atoms with van der Waals surface area (Å²) < 4.78 is 5.42. The van der Waals surface area contributed by atoms with E-state index in [1.54, 1.807) is 12.4 Å². The monoisotopic (exact) mass is 338 g/mol. The van der Waals surface area contributed by atoms with Gasteiger partial charge in [0.2, 0.25) is 5.91 Å². The van der Waals surface area contributed by atoms with E-state index < -0.39 is 5.41 Å². The molecule has 1 saturated heterocycles. The van der Waals surface area contributed by atoms with Gasteiger partial charge >= 0.3 is 0 Å².